The maximum Gasteiger partial charge on any atom is 0.253 e. The zero-order valence-corrected chi connectivity index (χ0v) is 11.8. The second kappa shape index (κ2) is 5.71. The summed E-state index contributed by atoms with van der Waals surface area (Å²) in [6, 6.07) is 5.10. The van der Waals surface area contributed by atoms with E-state index in [4.69, 9.17) is 4.74 Å². The first-order valence-electron chi connectivity index (χ1n) is 5.93. The van der Waals surface area contributed by atoms with Gasteiger partial charge in [0.05, 0.1) is 4.47 Å². The van der Waals surface area contributed by atoms with Crippen LogP contribution in [0.1, 0.15) is 23.2 Å². The largest absolute Gasteiger partial charge is 0.507 e. The summed E-state index contributed by atoms with van der Waals surface area (Å²) in [6.45, 7) is 1.40. The van der Waals surface area contributed by atoms with Crippen LogP contribution in [-0.2, 0) is 4.74 Å². The number of benzene rings is 1. The molecule has 0 atom stereocenters. The van der Waals surface area contributed by atoms with Crippen LogP contribution in [0.5, 0.6) is 5.75 Å². The highest BCUT2D eigenvalue weighted by molar-refractivity contribution is 9.10. The van der Waals surface area contributed by atoms with Crippen LogP contribution in [0.4, 0.5) is 0 Å². The molecule has 0 saturated carbocycles. The Morgan fingerprint density at radius 3 is 2.72 bits per heavy atom. The molecule has 98 valence electrons. The number of nitrogens with zero attached hydrogens (tertiary/aromatic N) is 1. The fourth-order valence-electron chi connectivity index (χ4n) is 2.09. The van der Waals surface area contributed by atoms with Crippen LogP contribution in [-0.4, -0.2) is 42.2 Å². The molecule has 1 heterocycles. The molecule has 0 unspecified atom stereocenters. The van der Waals surface area contributed by atoms with Crippen LogP contribution >= 0.6 is 15.9 Å². The molecular formula is C13H16BrNO3. The van der Waals surface area contributed by atoms with Crippen molar-refractivity contribution in [1.29, 1.82) is 0 Å². The summed E-state index contributed by atoms with van der Waals surface area (Å²) in [5.74, 6) is 0.0194. The maximum atomic E-state index is 12.3. The number of hydrogen-bond donors (Lipinski definition) is 1. The lowest BCUT2D eigenvalue weighted by Crippen LogP contribution is -2.40. The minimum Gasteiger partial charge on any atom is -0.507 e. The Balaban J connectivity index is 2.11. The normalized spacial score (nSPS) is 16.6. The first kappa shape index (κ1) is 13.4. The van der Waals surface area contributed by atoms with Gasteiger partial charge in [0, 0.05) is 31.9 Å². The third-order valence-electron chi connectivity index (χ3n) is 3.25. The molecule has 4 nitrogen and oxygen atoms in total. The molecule has 1 aromatic carbocycles. The molecule has 0 bridgehead atoms. The zero-order chi connectivity index (χ0) is 13.1. The average Bonchev–Trinajstić information content (AvgIpc) is 2.41. The van der Waals surface area contributed by atoms with Crippen molar-refractivity contribution in [2.75, 3.05) is 20.3 Å². The van der Waals surface area contributed by atoms with E-state index < -0.39 is 0 Å². The number of rotatable bonds is 2. The number of carbonyl (C=O) groups excluding carboxylic acids is 1. The summed E-state index contributed by atoms with van der Waals surface area (Å²) in [5, 5.41) is 9.60. The number of phenols is 1. The van der Waals surface area contributed by atoms with Gasteiger partial charge in [0.25, 0.3) is 5.91 Å². The first-order chi connectivity index (χ1) is 8.59. The van der Waals surface area contributed by atoms with E-state index in [1.54, 1.807) is 24.1 Å². The molecule has 0 aromatic heterocycles. The van der Waals surface area contributed by atoms with Gasteiger partial charge in [0.1, 0.15) is 5.75 Å². The Hall–Kier alpha value is -1.07. The minimum absolute atomic E-state index is 0.0651. The molecule has 1 amide bonds. The van der Waals surface area contributed by atoms with E-state index >= 15 is 0 Å². The number of amides is 1. The highest BCUT2D eigenvalue weighted by Gasteiger charge is 2.23. The molecule has 0 aliphatic carbocycles. The molecule has 1 aromatic rings. The predicted octanol–water partition coefficient (Wildman–Crippen LogP) is 2.41. The first-order valence-corrected chi connectivity index (χ1v) is 6.72. The van der Waals surface area contributed by atoms with Gasteiger partial charge < -0.3 is 14.7 Å². The van der Waals surface area contributed by atoms with Crippen LogP contribution < -0.4 is 0 Å². The van der Waals surface area contributed by atoms with Crippen LogP contribution in [0.15, 0.2) is 22.7 Å². The van der Waals surface area contributed by atoms with Crippen molar-refractivity contribution in [3.05, 3.63) is 28.2 Å². The van der Waals surface area contributed by atoms with Crippen molar-refractivity contribution in [2.45, 2.75) is 18.9 Å². The Kier molecular flexibility index (Phi) is 4.24. The summed E-state index contributed by atoms with van der Waals surface area (Å²) in [5.41, 5.74) is 0.504. The van der Waals surface area contributed by atoms with Crippen molar-refractivity contribution in [2.24, 2.45) is 0 Å². The van der Waals surface area contributed by atoms with E-state index in [0.29, 0.717) is 23.2 Å². The monoisotopic (exact) mass is 313 g/mol. The molecule has 1 aliphatic rings. The average molecular weight is 314 g/mol. The van der Waals surface area contributed by atoms with Crippen molar-refractivity contribution < 1.29 is 14.6 Å². The second-order valence-corrected chi connectivity index (χ2v) is 5.28. The smallest absolute Gasteiger partial charge is 0.253 e. The molecule has 1 N–H and O–H groups in total. The fourth-order valence-corrected chi connectivity index (χ4v) is 2.33. The summed E-state index contributed by atoms with van der Waals surface area (Å²) in [7, 11) is 1.80. The standard InChI is InChI=1S/C13H16BrNO3/c1-15(10-4-6-18-7-5-10)13(17)9-2-3-11(14)12(16)8-9/h2-3,8,10,16H,4-7H2,1H3. The van der Waals surface area contributed by atoms with Gasteiger partial charge in [0.2, 0.25) is 0 Å². The summed E-state index contributed by atoms with van der Waals surface area (Å²) >= 11 is 3.20. The number of ether oxygens (including phenoxy) is 1. The summed E-state index contributed by atoms with van der Waals surface area (Å²) < 4.78 is 5.88. The lowest BCUT2D eigenvalue weighted by molar-refractivity contribution is 0.0362. The van der Waals surface area contributed by atoms with Gasteiger partial charge in [-0.1, -0.05) is 0 Å². The van der Waals surface area contributed by atoms with Crippen molar-refractivity contribution in [3.63, 3.8) is 0 Å². The van der Waals surface area contributed by atoms with Crippen molar-refractivity contribution in [3.8, 4) is 5.75 Å². The molecule has 5 heteroatoms. The molecule has 1 fully saturated rings. The number of aromatic hydroxyl groups is 1. The van der Waals surface area contributed by atoms with Crippen LogP contribution in [0, 0.1) is 0 Å². The highest BCUT2D eigenvalue weighted by atomic mass is 79.9. The summed E-state index contributed by atoms with van der Waals surface area (Å²) in [4.78, 5) is 14.0. The van der Waals surface area contributed by atoms with Gasteiger partial charge in [-0.05, 0) is 47.0 Å². The fraction of sp³-hybridized carbons (Fsp3) is 0.462. The van der Waals surface area contributed by atoms with E-state index in [-0.39, 0.29) is 17.7 Å². The van der Waals surface area contributed by atoms with Crippen LogP contribution in [0.25, 0.3) is 0 Å². The Morgan fingerprint density at radius 2 is 2.11 bits per heavy atom. The SMILES string of the molecule is CN(C(=O)c1ccc(Br)c(O)c1)C1CCOCC1. The molecule has 1 aliphatic heterocycles. The van der Waals surface area contributed by atoms with E-state index in [9.17, 15) is 9.90 Å². The Bertz CT molecular complexity index is 444. The number of hydrogen-bond acceptors (Lipinski definition) is 3. The van der Waals surface area contributed by atoms with E-state index in [0.717, 1.165) is 12.8 Å². The second-order valence-electron chi connectivity index (χ2n) is 4.43. The highest BCUT2D eigenvalue weighted by Crippen LogP contribution is 2.25. The van der Waals surface area contributed by atoms with Crippen LogP contribution in [0.3, 0.4) is 0 Å². The quantitative estimate of drug-likeness (QED) is 0.912. The lowest BCUT2D eigenvalue weighted by atomic mass is 10.1. The molecular weight excluding hydrogens is 298 g/mol. The summed E-state index contributed by atoms with van der Waals surface area (Å²) in [6.07, 6.45) is 1.73. The van der Waals surface area contributed by atoms with Gasteiger partial charge in [-0.15, -0.1) is 0 Å². The van der Waals surface area contributed by atoms with E-state index in [1.807, 2.05) is 0 Å². The van der Waals surface area contributed by atoms with Gasteiger partial charge >= 0.3 is 0 Å². The zero-order valence-electron chi connectivity index (χ0n) is 10.2. The number of phenolic OH excluding ortho intramolecular Hbond substituents is 1. The third kappa shape index (κ3) is 2.84. The molecule has 0 spiro atoms. The van der Waals surface area contributed by atoms with Gasteiger partial charge in [0.15, 0.2) is 0 Å². The lowest BCUT2D eigenvalue weighted by Gasteiger charge is -2.31. The van der Waals surface area contributed by atoms with Gasteiger partial charge in [-0.2, -0.15) is 0 Å². The van der Waals surface area contributed by atoms with Gasteiger partial charge in [-0.25, -0.2) is 0 Å². The minimum atomic E-state index is -0.0651. The molecule has 0 radical (unpaired) electrons. The maximum absolute atomic E-state index is 12.3. The molecule has 1 saturated heterocycles. The Labute approximate surface area is 115 Å². The molecule has 18 heavy (non-hydrogen) atoms. The molecule has 2 rings (SSSR count). The van der Waals surface area contributed by atoms with E-state index in [2.05, 4.69) is 15.9 Å². The number of carbonyl (C=O) groups is 1. The van der Waals surface area contributed by atoms with Crippen molar-refractivity contribution >= 4 is 21.8 Å². The van der Waals surface area contributed by atoms with Crippen LogP contribution in [0.2, 0.25) is 0 Å². The van der Waals surface area contributed by atoms with Gasteiger partial charge in [-0.3, -0.25) is 4.79 Å². The van der Waals surface area contributed by atoms with Crippen molar-refractivity contribution in [1.82, 2.24) is 4.90 Å². The predicted molar refractivity (Wildman–Crippen MR) is 71.7 cm³/mol. The Morgan fingerprint density at radius 1 is 1.44 bits per heavy atom. The topological polar surface area (TPSA) is 49.8 Å². The van der Waals surface area contributed by atoms with E-state index in [1.165, 1.54) is 6.07 Å². The third-order valence-corrected chi connectivity index (χ3v) is 3.92. The number of halogens is 1.